The topological polar surface area (TPSA) is 105 Å². The highest BCUT2D eigenvalue weighted by Gasteiger charge is 2.42. The van der Waals surface area contributed by atoms with Gasteiger partial charge in [0.05, 0.1) is 24.5 Å². The van der Waals surface area contributed by atoms with Crippen LogP contribution in [0.5, 0.6) is 5.75 Å². The van der Waals surface area contributed by atoms with E-state index in [0.29, 0.717) is 30.2 Å². The number of nitrogens with zero attached hydrogens (tertiary/aromatic N) is 2. The number of rotatable bonds is 6. The number of likely N-dealkylation sites (N-methyl/N-ethyl adjacent to an activating group) is 1. The van der Waals surface area contributed by atoms with Crippen molar-refractivity contribution in [3.8, 4) is 5.75 Å². The molecular formula is C26H36N6O2. The summed E-state index contributed by atoms with van der Waals surface area (Å²) < 4.78 is 0. The Bertz CT molecular complexity index is 1060. The number of hydrogen-bond donors (Lipinski definition) is 5. The van der Waals surface area contributed by atoms with E-state index in [2.05, 4.69) is 45.1 Å². The van der Waals surface area contributed by atoms with Crippen LogP contribution in [0.1, 0.15) is 67.2 Å². The zero-order valence-electron chi connectivity index (χ0n) is 20.1. The Hall–Kier alpha value is -2.68. The van der Waals surface area contributed by atoms with Crippen molar-refractivity contribution < 1.29 is 9.90 Å². The maximum Gasteiger partial charge on any atom is 0.233 e. The maximum absolute atomic E-state index is 11.8. The second-order valence-corrected chi connectivity index (χ2v) is 9.87. The molecule has 0 spiro atoms. The molecule has 3 heterocycles. The summed E-state index contributed by atoms with van der Waals surface area (Å²) >= 11 is 0. The summed E-state index contributed by atoms with van der Waals surface area (Å²) in [7, 11) is 1.68. The third kappa shape index (κ3) is 4.62. The number of nitrogens with one attached hydrogen (secondary N) is 4. The maximum atomic E-state index is 11.8. The minimum atomic E-state index is 0.0489. The lowest BCUT2D eigenvalue weighted by Crippen LogP contribution is -2.38. The second-order valence-electron chi connectivity index (χ2n) is 9.87. The van der Waals surface area contributed by atoms with Crippen LogP contribution in [-0.4, -0.2) is 58.6 Å². The van der Waals surface area contributed by atoms with Crippen molar-refractivity contribution in [3.63, 3.8) is 0 Å². The van der Waals surface area contributed by atoms with Crippen LogP contribution < -0.4 is 16.2 Å². The Balaban J connectivity index is 1.25. The highest BCUT2D eigenvalue weighted by Crippen LogP contribution is 2.44. The van der Waals surface area contributed by atoms with Gasteiger partial charge in [-0.2, -0.15) is 0 Å². The molecule has 2 fully saturated rings. The number of carbonyl (C=O) groups is 1. The minimum Gasteiger partial charge on any atom is -0.508 e. The molecule has 0 radical (unpaired) electrons. The molecule has 1 amide bonds. The molecule has 1 saturated heterocycles. The third-order valence-corrected chi connectivity index (χ3v) is 7.82. The molecule has 8 heteroatoms. The molecule has 182 valence electrons. The van der Waals surface area contributed by atoms with Crippen LogP contribution in [0.15, 0.2) is 30.5 Å². The van der Waals surface area contributed by atoms with Gasteiger partial charge in [0.2, 0.25) is 5.91 Å². The zero-order chi connectivity index (χ0) is 23.7. The molecule has 4 unspecified atom stereocenters. The molecule has 3 aliphatic rings. The summed E-state index contributed by atoms with van der Waals surface area (Å²) in [5, 5.41) is 12.6. The van der Waals surface area contributed by atoms with E-state index in [-0.39, 0.29) is 11.9 Å². The monoisotopic (exact) mass is 464 g/mol. The number of aromatic nitrogens is 2. The number of imidazole rings is 1. The predicted molar refractivity (Wildman–Crippen MR) is 132 cm³/mol. The molecule has 2 aliphatic heterocycles. The van der Waals surface area contributed by atoms with E-state index >= 15 is 0 Å². The molecular weight excluding hydrogens is 428 g/mol. The second kappa shape index (κ2) is 9.90. The Labute approximate surface area is 201 Å². The summed E-state index contributed by atoms with van der Waals surface area (Å²) in [4.78, 5) is 22.3. The number of aromatic amines is 1. The first-order valence-electron chi connectivity index (χ1n) is 12.6. The number of aromatic hydroxyl groups is 1. The number of hydrazine groups is 1. The van der Waals surface area contributed by atoms with Gasteiger partial charge in [0.25, 0.3) is 0 Å². The number of benzene rings is 1. The Kier molecular flexibility index (Phi) is 6.72. The van der Waals surface area contributed by atoms with E-state index in [1.807, 2.05) is 18.3 Å². The number of aryl methyl sites for hydroxylation is 1. The van der Waals surface area contributed by atoms with Gasteiger partial charge >= 0.3 is 0 Å². The lowest BCUT2D eigenvalue weighted by Gasteiger charge is -2.33. The number of phenols is 1. The molecule has 5 rings (SSSR count). The van der Waals surface area contributed by atoms with Gasteiger partial charge < -0.3 is 15.4 Å². The van der Waals surface area contributed by atoms with E-state index in [1.54, 1.807) is 7.05 Å². The van der Waals surface area contributed by atoms with E-state index in [1.165, 1.54) is 16.7 Å². The van der Waals surface area contributed by atoms with Gasteiger partial charge in [0.1, 0.15) is 11.6 Å². The third-order valence-electron chi connectivity index (χ3n) is 7.82. The van der Waals surface area contributed by atoms with Crippen LogP contribution in [0.25, 0.3) is 5.57 Å². The number of carbonyl (C=O) groups excluding carboxylic acids is 1. The van der Waals surface area contributed by atoms with Gasteiger partial charge in [-0.15, -0.1) is 0 Å². The van der Waals surface area contributed by atoms with Gasteiger partial charge in [0.15, 0.2) is 0 Å². The van der Waals surface area contributed by atoms with Crippen molar-refractivity contribution in [1.29, 1.82) is 0 Å². The van der Waals surface area contributed by atoms with E-state index in [4.69, 9.17) is 4.98 Å². The number of H-pyrrole nitrogens is 1. The molecule has 34 heavy (non-hydrogen) atoms. The zero-order valence-corrected chi connectivity index (χ0v) is 20.1. The fourth-order valence-electron chi connectivity index (χ4n) is 5.99. The molecule has 1 aliphatic carbocycles. The first kappa shape index (κ1) is 23.1. The van der Waals surface area contributed by atoms with E-state index in [0.717, 1.165) is 56.7 Å². The summed E-state index contributed by atoms with van der Waals surface area (Å²) in [6.45, 7) is 4.24. The molecule has 1 saturated carbocycles. The van der Waals surface area contributed by atoms with Crippen LogP contribution in [0.2, 0.25) is 0 Å². The van der Waals surface area contributed by atoms with Crippen LogP contribution in [-0.2, 0) is 11.2 Å². The Morgan fingerprint density at radius 2 is 2.18 bits per heavy atom. The van der Waals surface area contributed by atoms with Gasteiger partial charge in [-0.05, 0) is 72.8 Å². The lowest BCUT2D eigenvalue weighted by atomic mass is 9.73. The Morgan fingerprint density at radius 3 is 3.00 bits per heavy atom. The number of amides is 1. The normalized spacial score (nSPS) is 27.3. The van der Waals surface area contributed by atoms with Crippen LogP contribution >= 0.6 is 0 Å². The molecule has 0 bridgehead atoms. The van der Waals surface area contributed by atoms with Gasteiger partial charge in [-0.1, -0.05) is 19.1 Å². The lowest BCUT2D eigenvalue weighted by molar-refractivity contribution is -0.121. The first-order chi connectivity index (χ1) is 16.6. The van der Waals surface area contributed by atoms with Crippen molar-refractivity contribution in [1.82, 2.24) is 31.0 Å². The van der Waals surface area contributed by atoms with Crippen LogP contribution in [0.4, 0.5) is 0 Å². The number of hydrogen-bond acceptors (Lipinski definition) is 6. The van der Waals surface area contributed by atoms with E-state index in [9.17, 15) is 9.90 Å². The first-order valence-corrected chi connectivity index (χ1v) is 12.6. The number of phenolic OH excluding ortho intramolecular Hbond substituents is 1. The highest BCUT2D eigenvalue weighted by atomic mass is 16.3. The SMILES string of the molecule is CCc1cc(O)ccc1C1CCC2C(C1)NNC2c1ncc(C2=CCCN(CC(=O)NC)C2)[nH]1. The smallest absolute Gasteiger partial charge is 0.233 e. The van der Waals surface area contributed by atoms with Crippen molar-refractivity contribution in [2.24, 2.45) is 5.92 Å². The molecule has 1 aromatic heterocycles. The predicted octanol–water partition coefficient (Wildman–Crippen LogP) is 2.61. The fourth-order valence-corrected chi connectivity index (χ4v) is 5.99. The van der Waals surface area contributed by atoms with Crippen LogP contribution in [0.3, 0.4) is 0 Å². The highest BCUT2D eigenvalue weighted by molar-refractivity contribution is 5.78. The summed E-state index contributed by atoms with van der Waals surface area (Å²) in [5.41, 5.74) is 12.0. The minimum absolute atomic E-state index is 0.0489. The van der Waals surface area contributed by atoms with Gasteiger partial charge in [-0.25, -0.2) is 10.4 Å². The average molecular weight is 465 g/mol. The average Bonchev–Trinajstić information content (AvgIpc) is 3.51. The summed E-state index contributed by atoms with van der Waals surface area (Å²) in [6.07, 6.45) is 9.43. The van der Waals surface area contributed by atoms with Crippen molar-refractivity contribution in [2.45, 2.75) is 57.0 Å². The summed E-state index contributed by atoms with van der Waals surface area (Å²) in [6, 6.07) is 6.42. The molecule has 5 N–H and O–H groups in total. The standard InChI is InChI=1S/C26H36N6O2/c1-3-16-11-19(33)7-9-20(16)17-6-8-21-22(12-17)30-31-25(21)26-28-13-23(29-26)18-5-4-10-32(14-18)15-24(34)27-2/h5,7,9,11,13,17,21-22,25,30-31,33H,3-4,6,8,10,12,14-15H2,1-2H3,(H,27,34)(H,28,29). The van der Waals surface area contributed by atoms with E-state index < -0.39 is 0 Å². The molecule has 8 nitrogen and oxygen atoms in total. The largest absolute Gasteiger partial charge is 0.508 e. The fraction of sp³-hybridized carbons (Fsp3) is 0.538. The quantitative estimate of drug-likeness (QED) is 0.450. The van der Waals surface area contributed by atoms with Crippen molar-refractivity contribution >= 4 is 11.5 Å². The molecule has 1 aromatic carbocycles. The van der Waals surface area contributed by atoms with Gasteiger partial charge in [-0.3, -0.25) is 15.1 Å². The molecule has 4 atom stereocenters. The molecule has 2 aromatic rings. The number of fused-ring (bicyclic) bond motifs is 1. The van der Waals surface area contributed by atoms with Gasteiger partial charge in [0, 0.05) is 26.2 Å². The van der Waals surface area contributed by atoms with Crippen LogP contribution in [0, 0.1) is 5.92 Å². The Morgan fingerprint density at radius 1 is 1.29 bits per heavy atom. The van der Waals surface area contributed by atoms with Crippen molar-refractivity contribution in [3.05, 3.63) is 53.1 Å². The van der Waals surface area contributed by atoms with Crippen molar-refractivity contribution in [2.75, 3.05) is 26.7 Å². The summed E-state index contributed by atoms with van der Waals surface area (Å²) in [5.74, 6) is 2.39.